The number of aryl methyl sites for hydroxylation is 1. The van der Waals surface area contributed by atoms with Crippen molar-refractivity contribution in [1.29, 1.82) is 0 Å². The number of amides is 2. The molecule has 1 saturated heterocycles. The van der Waals surface area contributed by atoms with Gasteiger partial charge in [-0.3, -0.25) is 9.59 Å². The smallest absolute Gasteiger partial charge is 0.289 e. The highest BCUT2D eigenvalue weighted by Gasteiger charge is 2.27. The molecule has 5 nitrogen and oxygen atoms in total. The molecule has 1 aromatic rings. The van der Waals surface area contributed by atoms with Crippen LogP contribution in [0.25, 0.3) is 0 Å². The van der Waals surface area contributed by atoms with E-state index in [1.165, 1.54) is 0 Å². The summed E-state index contributed by atoms with van der Waals surface area (Å²) >= 11 is 0. The van der Waals surface area contributed by atoms with Crippen molar-refractivity contribution in [2.75, 3.05) is 26.2 Å². The van der Waals surface area contributed by atoms with Crippen molar-refractivity contribution in [2.45, 2.75) is 20.8 Å². The fourth-order valence-electron chi connectivity index (χ4n) is 2.20. The molecular weight excluding hydrogens is 244 g/mol. The number of rotatable bonds is 2. The van der Waals surface area contributed by atoms with E-state index in [1.54, 1.807) is 17.0 Å². The maximum absolute atomic E-state index is 12.2. The van der Waals surface area contributed by atoms with Crippen molar-refractivity contribution in [3.63, 3.8) is 0 Å². The highest BCUT2D eigenvalue weighted by atomic mass is 16.3. The van der Waals surface area contributed by atoms with E-state index in [0.29, 0.717) is 31.9 Å². The quantitative estimate of drug-likeness (QED) is 0.814. The summed E-state index contributed by atoms with van der Waals surface area (Å²) in [6.07, 6.45) is 0. The lowest BCUT2D eigenvalue weighted by molar-refractivity contribution is -0.135. The van der Waals surface area contributed by atoms with Gasteiger partial charge in [0.1, 0.15) is 5.76 Å². The molecule has 0 N–H and O–H groups in total. The van der Waals surface area contributed by atoms with Crippen LogP contribution in [-0.4, -0.2) is 47.8 Å². The number of hydrogen-bond acceptors (Lipinski definition) is 3. The molecule has 0 saturated carbocycles. The van der Waals surface area contributed by atoms with Gasteiger partial charge in [-0.25, -0.2) is 0 Å². The Morgan fingerprint density at radius 1 is 1.11 bits per heavy atom. The highest BCUT2D eigenvalue weighted by Crippen LogP contribution is 2.13. The monoisotopic (exact) mass is 264 g/mol. The summed E-state index contributed by atoms with van der Waals surface area (Å²) in [5.41, 5.74) is 0. The van der Waals surface area contributed by atoms with Gasteiger partial charge in [0, 0.05) is 32.1 Å². The van der Waals surface area contributed by atoms with Crippen LogP contribution < -0.4 is 0 Å². The van der Waals surface area contributed by atoms with E-state index in [4.69, 9.17) is 4.42 Å². The fourth-order valence-corrected chi connectivity index (χ4v) is 2.20. The van der Waals surface area contributed by atoms with Crippen LogP contribution in [0.1, 0.15) is 30.2 Å². The Hall–Kier alpha value is -1.78. The molecule has 0 spiro atoms. The second kappa shape index (κ2) is 5.47. The molecule has 0 unspecified atom stereocenters. The molecule has 0 aromatic carbocycles. The van der Waals surface area contributed by atoms with Crippen LogP contribution in [0, 0.1) is 12.8 Å². The minimum Gasteiger partial charge on any atom is -0.456 e. The Kier molecular flexibility index (Phi) is 3.93. The molecule has 0 atom stereocenters. The number of carbonyl (C=O) groups is 2. The van der Waals surface area contributed by atoms with Crippen LogP contribution in [0.5, 0.6) is 0 Å². The summed E-state index contributed by atoms with van der Waals surface area (Å²) in [5.74, 6) is 1.18. The minimum absolute atomic E-state index is 0.00924. The summed E-state index contributed by atoms with van der Waals surface area (Å²) in [7, 11) is 0. The van der Waals surface area contributed by atoms with Crippen LogP contribution >= 0.6 is 0 Å². The molecule has 0 radical (unpaired) electrons. The van der Waals surface area contributed by atoms with Crippen LogP contribution in [0.3, 0.4) is 0 Å². The second-order valence-electron chi connectivity index (χ2n) is 5.18. The highest BCUT2D eigenvalue weighted by molar-refractivity contribution is 5.91. The molecule has 19 heavy (non-hydrogen) atoms. The molecule has 1 aromatic heterocycles. The summed E-state index contributed by atoms with van der Waals surface area (Å²) in [4.78, 5) is 27.6. The second-order valence-corrected chi connectivity index (χ2v) is 5.18. The standard InChI is InChI=1S/C14H20N2O3/c1-10(2)13(17)15-6-8-16(9-7-15)14(18)12-5-4-11(3)19-12/h4-5,10H,6-9H2,1-3H3. The van der Waals surface area contributed by atoms with Gasteiger partial charge < -0.3 is 14.2 Å². The molecule has 0 aliphatic carbocycles. The van der Waals surface area contributed by atoms with Gasteiger partial charge >= 0.3 is 0 Å². The number of nitrogens with zero attached hydrogens (tertiary/aromatic N) is 2. The zero-order valence-corrected chi connectivity index (χ0v) is 11.7. The first kappa shape index (κ1) is 13.6. The maximum Gasteiger partial charge on any atom is 0.289 e. The average molecular weight is 264 g/mol. The molecule has 2 rings (SSSR count). The zero-order chi connectivity index (χ0) is 14.0. The molecule has 2 amide bonds. The van der Waals surface area contributed by atoms with Crippen molar-refractivity contribution in [3.8, 4) is 0 Å². The van der Waals surface area contributed by atoms with Gasteiger partial charge in [0.2, 0.25) is 5.91 Å². The molecule has 1 aliphatic heterocycles. The van der Waals surface area contributed by atoms with Crippen molar-refractivity contribution < 1.29 is 14.0 Å². The van der Waals surface area contributed by atoms with Crippen LogP contribution in [-0.2, 0) is 4.79 Å². The fraction of sp³-hybridized carbons (Fsp3) is 0.571. The van der Waals surface area contributed by atoms with Crippen LogP contribution in [0.2, 0.25) is 0 Å². The van der Waals surface area contributed by atoms with Gasteiger partial charge in [-0.1, -0.05) is 13.8 Å². The lowest BCUT2D eigenvalue weighted by Gasteiger charge is -2.35. The molecular formula is C14H20N2O3. The van der Waals surface area contributed by atoms with E-state index in [1.807, 2.05) is 25.7 Å². The van der Waals surface area contributed by atoms with Crippen molar-refractivity contribution in [2.24, 2.45) is 5.92 Å². The van der Waals surface area contributed by atoms with Gasteiger partial charge in [-0.05, 0) is 19.1 Å². The van der Waals surface area contributed by atoms with Crippen molar-refractivity contribution in [1.82, 2.24) is 9.80 Å². The van der Waals surface area contributed by atoms with E-state index in [9.17, 15) is 9.59 Å². The van der Waals surface area contributed by atoms with E-state index >= 15 is 0 Å². The van der Waals surface area contributed by atoms with Gasteiger partial charge in [0.15, 0.2) is 5.76 Å². The molecule has 0 bridgehead atoms. The predicted octanol–water partition coefficient (Wildman–Crippen LogP) is 1.53. The average Bonchev–Trinajstić information content (AvgIpc) is 2.84. The summed E-state index contributed by atoms with van der Waals surface area (Å²) in [6.45, 7) is 7.94. The largest absolute Gasteiger partial charge is 0.456 e. The summed E-state index contributed by atoms with van der Waals surface area (Å²) in [6, 6.07) is 3.48. The molecule has 104 valence electrons. The Labute approximate surface area is 113 Å². The van der Waals surface area contributed by atoms with Gasteiger partial charge in [-0.2, -0.15) is 0 Å². The Balaban J connectivity index is 1.93. The lowest BCUT2D eigenvalue weighted by atomic mass is 10.1. The van der Waals surface area contributed by atoms with E-state index < -0.39 is 0 Å². The van der Waals surface area contributed by atoms with Crippen molar-refractivity contribution in [3.05, 3.63) is 23.7 Å². The van der Waals surface area contributed by atoms with E-state index in [-0.39, 0.29) is 17.7 Å². The Morgan fingerprint density at radius 3 is 2.16 bits per heavy atom. The minimum atomic E-state index is -0.0928. The first-order valence-electron chi connectivity index (χ1n) is 6.63. The van der Waals surface area contributed by atoms with Gasteiger partial charge in [-0.15, -0.1) is 0 Å². The first-order chi connectivity index (χ1) is 8.99. The van der Waals surface area contributed by atoms with Gasteiger partial charge in [0.25, 0.3) is 5.91 Å². The third-order valence-electron chi connectivity index (χ3n) is 3.32. The lowest BCUT2D eigenvalue weighted by Crippen LogP contribution is -2.51. The normalized spacial score (nSPS) is 16.0. The summed E-state index contributed by atoms with van der Waals surface area (Å²) < 4.78 is 5.34. The number of hydrogen-bond donors (Lipinski definition) is 0. The number of furan rings is 1. The molecule has 1 aliphatic rings. The summed E-state index contributed by atoms with van der Waals surface area (Å²) in [5, 5.41) is 0. The Bertz CT molecular complexity index is 471. The number of carbonyl (C=O) groups excluding carboxylic acids is 2. The third kappa shape index (κ3) is 2.97. The van der Waals surface area contributed by atoms with Crippen molar-refractivity contribution >= 4 is 11.8 Å². The SMILES string of the molecule is Cc1ccc(C(=O)N2CCN(C(=O)C(C)C)CC2)o1. The first-order valence-corrected chi connectivity index (χ1v) is 6.63. The van der Waals surface area contributed by atoms with Crippen LogP contribution in [0.4, 0.5) is 0 Å². The van der Waals surface area contributed by atoms with Gasteiger partial charge in [0.05, 0.1) is 0 Å². The molecule has 1 fully saturated rings. The van der Waals surface area contributed by atoms with E-state index in [0.717, 1.165) is 5.76 Å². The van der Waals surface area contributed by atoms with E-state index in [2.05, 4.69) is 0 Å². The molecule has 5 heteroatoms. The topological polar surface area (TPSA) is 53.8 Å². The Morgan fingerprint density at radius 2 is 1.68 bits per heavy atom. The van der Waals surface area contributed by atoms with Crippen LogP contribution in [0.15, 0.2) is 16.5 Å². The molecule has 2 heterocycles. The zero-order valence-electron chi connectivity index (χ0n) is 11.7. The third-order valence-corrected chi connectivity index (χ3v) is 3.32. The number of piperazine rings is 1. The predicted molar refractivity (Wildman–Crippen MR) is 70.8 cm³/mol. The maximum atomic E-state index is 12.2.